The van der Waals surface area contributed by atoms with E-state index in [1.165, 1.54) is 5.56 Å². The molecule has 4 atom stereocenters. The van der Waals surface area contributed by atoms with E-state index in [9.17, 15) is 9.90 Å². The second-order valence-electron chi connectivity index (χ2n) is 9.03. The van der Waals surface area contributed by atoms with Gasteiger partial charge < -0.3 is 14.6 Å². The van der Waals surface area contributed by atoms with Crippen molar-refractivity contribution in [2.45, 2.75) is 57.8 Å². The highest BCUT2D eigenvalue weighted by molar-refractivity contribution is 6.30. The molecule has 0 unspecified atom stereocenters. The monoisotopic (exact) mass is 414 g/mol. The first-order valence-corrected chi connectivity index (χ1v) is 10.5. The molecule has 1 saturated heterocycles. The molecule has 0 aromatic heterocycles. The SMILES string of the molecule is CC(C)[C@@H]1O[C@@H]2c3ccc(C(=O)O)cc3OC(C)(C)[C@H]2C[C@H]1c1ccc(Cl)cc1. The van der Waals surface area contributed by atoms with Crippen LogP contribution in [0.3, 0.4) is 0 Å². The molecule has 2 aromatic rings. The van der Waals surface area contributed by atoms with E-state index in [1.807, 2.05) is 18.2 Å². The van der Waals surface area contributed by atoms with Gasteiger partial charge in [-0.15, -0.1) is 0 Å². The summed E-state index contributed by atoms with van der Waals surface area (Å²) in [5.74, 6) is 0.397. The van der Waals surface area contributed by atoms with Crippen LogP contribution in [0.15, 0.2) is 42.5 Å². The molecule has 2 aromatic carbocycles. The molecule has 0 aliphatic carbocycles. The van der Waals surface area contributed by atoms with E-state index < -0.39 is 11.6 Å². The summed E-state index contributed by atoms with van der Waals surface area (Å²) in [6.07, 6.45) is 0.869. The molecule has 4 nitrogen and oxygen atoms in total. The summed E-state index contributed by atoms with van der Waals surface area (Å²) in [7, 11) is 0. The van der Waals surface area contributed by atoms with Gasteiger partial charge in [0.25, 0.3) is 0 Å². The topological polar surface area (TPSA) is 55.8 Å². The molecule has 0 spiro atoms. The lowest BCUT2D eigenvalue weighted by molar-refractivity contribution is -0.169. The van der Waals surface area contributed by atoms with Gasteiger partial charge in [0.2, 0.25) is 0 Å². The molecule has 2 aliphatic rings. The van der Waals surface area contributed by atoms with E-state index in [4.69, 9.17) is 21.1 Å². The highest BCUT2D eigenvalue weighted by Gasteiger charge is 2.51. The Kier molecular flexibility index (Phi) is 5.12. The van der Waals surface area contributed by atoms with E-state index in [2.05, 4.69) is 39.8 Å². The van der Waals surface area contributed by atoms with Gasteiger partial charge in [-0.1, -0.05) is 43.6 Å². The van der Waals surface area contributed by atoms with Crippen molar-refractivity contribution in [2.24, 2.45) is 11.8 Å². The third-order valence-corrected chi connectivity index (χ3v) is 6.61. The number of fused-ring (bicyclic) bond motifs is 3. The zero-order valence-electron chi connectivity index (χ0n) is 17.2. The molecule has 4 rings (SSSR count). The first-order valence-electron chi connectivity index (χ1n) is 10.1. The highest BCUT2D eigenvalue weighted by Crippen LogP contribution is 2.54. The van der Waals surface area contributed by atoms with E-state index in [0.717, 1.165) is 17.0 Å². The summed E-state index contributed by atoms with van der Waals surface area (Å²) in [6.45, 7) is 8.51. The summed E-state index contributed by atoms with van der Waals surface area (Å²) in [5, 5.41) is 10.1. The molecule has 0 radical (unpaired) electrons. The van der Waals surface area contributed by atoms with Crippen molar-refractivity contribution in [1.82, 2.24) is 0 Å². The molecule has 29 heavy (non-hydrogen) atoms. The van der Waals surface area contributed by atoms with E-state index >= 15 is 0 Å². The Morgan fingerprint density at radius 2 is 1.86 bits per heavy atom. The molecular formula is C24H27ClO4. The van der Waals surface area contributed by atoms with Crippen molar-refractivity contribution >= 4 is 17.6 Å². The summed E-state index contributed by atoms with van der Waals surface area (Å²) >= 11 is 6.10. The van der Waals surface area contributed by atoms with Crippen LogP contribution >= 0.6 is 11.6 Å². The summed E-state index contributed by atoms with van der Waals surface area (Å²) in [5.41, 5.74) is 1.93. The Bertz CT molecular complexity index is 919. The van der Waals surface area contributed by atoms with Crippen LogP contribution in [0.1, 0.15) is 67.6 Å². The van der Waals surface area contributed by atoms with Gasteiger partial charge in [0.05, 0.1) is 17.8 Å². The van der Waals surface area contributed by atoms with Crippen molar-refractivity contribution in [3.8, 4) is 5.75 Å². The van der Waals surface area contributed by atoms with E-state index in [1.54, 1.807) is 12.1 Å². The normalized spacial score (nSPS) is 27.7. The minimum Gasteiger partial charge on any atom is -0.487 e. The number of rotatable bonds is 3. The number of ether oxygens (including phenoxy) is 2. The van der Waals surface area contributed by atoms with Crippen LogP contribution in [0.5, 0.6) is 5.75 Å². The molecule has 0 bridgehead atoms. The Balaban J connectivity index is 1.75. The molecule has 5 heteroatoms. The fourth-order valence-corrected chi connectivity index (χ4v) is 4.96. The smallest absolute Gasteiger partial charge is 0.335 e. The van der Waals surface area contributed by atoms with Crippen molar-refractivity contribution in [3.05, 3.63) is 64.2 Å². The third-order valence-electron chi connectivity index (χ3n) is 6.36. The number of aromatic carboxylic acids is 1. The Morgan fingerprint density at radius 1 is 1.17 bits per heavy atom. The predicted molar refractivity (Wildman–Crippen MR) is 113 cm³/mol. The van der Waals surface area contributed by atoms with Crippen LogP contribution < -0.4 is 4.74 Å². The zero-order chi connectivity index (χ0) is 20.9. The molecule has 2 aliphatic heterocycles. The predicted octanol–water partition coefficient (Wildman–Crippen LogP) is 6.10. The van der Waals surface area contributed by atoms with Crippen LogP contribution in [0.4, 0.5) is 0 Å². The van der Waals surface area contributed by atoms with Crippen molar-refractivity contribution in [2.75, 3.05) is 0 Å². The minimum absolute atomic E-state index is 0.0540. The lowest BCUT2D eigenvalue weighted by Gasteiger charge is -2.52. The first-order chi connectivity index (χ1) is 13.7. The molecule has 0 amide bonds. The zero-order valence-corrected chi connectivity index (χ0v) is 17.9. The third kappa shape index (κ3) is 3.64. The second-order valence-corrected chi connectivity index (χ2v) is 9.47. The Hall–Kier alpha value is -2.04. The number of hydrogen-bond donors (Lipinski definition) is 1. The van der Waals surface area contributed by atoms with Gasteiger partial charge in [0.15, 0.2) is 0 Å². The number of carboxylic acid groups (broad SMARTS) is 1. The number of carbonyl (C=O) groups is 1. The van der Waals surface area contributed by atoms with Crippen molar-refractivity contribution < 1.29 is 19.4 Å². The summed E-state index contributed by atoms with van der Waals surface area (Å²) in [4.78, 5) is 11.4. The molecule has 1 N–H and O–H groups in total. The maximum Gasteiger partial charge on any atom is 0.335 e. The summed E-state index contributed by atoms with van der Waals surface area (Å²) < 4.78 is 13.1. The van der Waals surface area contributed by atoms with Crippen LogP contribution in [0.2, 0.25) is 5.02 Å². The van der Waals surface area contributed by atoms with Crippen LogP contribution in [0, 0.1) is 11.8 Å². The van der Waals surface area contributed by atoms with Gasteiger partial charge in [-0.3, -0.25) is 0 Å². The van der Waals surface area contributed by atoms with Crippen molar-refractivity contribution in [1.29, 1.82) is 0 Å². The Labute approximate surface area is 176 Å². The largest absolute Gasteiger partial charge is 0.487 e. The number of carboxylic acids is 1. The van der Waals surface area contributed by atoms with Gasteiger partial charge in [0, 0.05) is 22.4 Å². The average molecular weight is 415 g/mol. The molecule has 154 valence electrons. The van der Waals surface area contributed by atoms with Crippen LogP contribution in [0.25, 0.3) is 0 Å². The van der Waals surface area contributed by atoms with Gasteiger partial charge in [0.1, 0.15) is 11.4 Å². The van der Waals surface area contributed by atoms with Gasteiger partial charge >= 0.3 is 5.97 Å². The van der Waals surface area contributed by atoms with Gasteiger partial charge in [-0.05, 0) is 56.0 Å². The van der Waals surface area contributed by atoms with E-state index in [-0.39, 0.29) is 29.6 Å². The maximum absolute atomic E-state index is 11.4. The number of hydrogen-bond acceptors (Lipinski definition) is 3. The standard InChI is InChI=1S/C24H27ClO4/c1-13(2)21-18(14-5-8-16(25)9-6-14)12-19-22(28-21)17-10-7-15(23(26)27)11-20(17)29-24(19,3)4/h5-11,13,18-19,21-22H,12H2,1-4H3,(H,26,27)/t18-,19-,21-,22+/m0/s1. The lowest BCUT2D eigenvalue weighted by atomic mass is 9.69. The number of benzene rings is 2. The highest BCUT2D eigenvalue weighted by atomic mass is 35.5. The number of halogens is 1. The van der Waals surface area contributed by atoms with Crippen molar-refractivity contribution in [3.63, 3.8) is 0 Å². The fourth-order valence-electron chi connectivity index (χ4n) is 4.84. The lowest BCUT2D eigenvalue weighted by Crippen LogP contribution is -2.51. The van der Waals surface area contributed by atoms with Crippen LogP contribution in [-0.2, 0) is 4.74 Å². The van der Waals surface area contributed by atoms with E-state index in [0.29, 0.717) is 11.7 Å². The van der Waals surface area contributed by atoms with Gasteiger partial charge in [-0.25, -0.2) is 4.79 Å². The molecule has 2 heterocycles. The fraction of sp³-hybridized carbons (Fsp3) is 0.458. The average Bonchev–Trinajstić information content (AvgIpc) is 2.67. The maximum atomic E-state index is 11.4. The second kappa shape index (κ2) is 7.33. The molecule has 1 fully saturated rings. The van der Waals surface area contributed by atoms with Gasteiger partial charge in [-0.2, -0.15) is 0 Å². The van der Waals surface area contributed by atoms with Crippen LogP contribution in [-0.4, -0.2) is 22.8 Å². The molecule has 0 saturated carbocycles. The first kappa shape index (κ1) is 20.2. The summed E-state index contributed by atoms with van der Waals surface area (Å²) in [6, 6.07) is 13.2. The quantitative estimate of drug-likeness (QED) is 0.659. The minimum atomic E-state index is -0.955. The Morgan fingerprint density at radius 3 is 2.48 bits per heavy atom. The molecular weight excluding hydrogens is 388 g/mol.